The van der Waals surface area contributed by atoms with E-state index in [2.05, 4.69) is 39.9 Å². The third kappa shape index (κ3) is 4.06. The molecule has 1 fully saturated rings. The maximum atomic E-state index is 11.8. The summed E-state index contributed by atoms with van der Waals surface area (Å²) in [5.74, 6) is 0.442. The van der Waals surface area contributed by atoms with E-state index in [1.54, 1.807) is 0 Å². The Morgan fingerprint density at radius 1 is 1.38 bits per heavy atom. The van der Waals surface area contributed by atoms with E-state index in [4.69, 9.17) is 5.73 Å². The zero-order chi connectivity index (χ0) is 15.6. The van der Waals surface area contributed by atoms with Crippen LogP contribution in [0.25, 0.3) is 0 Å². The first-order chi connectivity index (χ1) is 9.84. The summed E-state index contributed by atoms with van der Waals surface area (Å²) in [5, 5.41) is 0. The van der Waals surface area contributed by atoms with Crippen LogP contribution in [0.3, 0.4) is 0 Å². The smallest absolute Gasteiger partial charge is 0.153 e. The summed E-state index contributed by atoms with van der Waals surface area (Å²) in [4.78, 5) is 2.25. The number of hydrogen-bond acceptors (Lipinski definition) is 4. The summed E-state index contributed by atoms with van der Waals surface area (Å²) in [6.07, 6.45) is 0.858. The molecule has 0 bridgehead atoms. The lowest BCUT2D eigenvalue weighted by molar-refractivity contribution is 0.134. The van der Waals surface area contributed by atoms with Gasteiger partial charge in [-0.05, 0) is 31.0 Å². The SMILES string of the molecule is CCC(N)C(c1ccc(Br)cc1)N1CCS(=O)(=O)CC1C. The number of benzene rings is 1. The highest BCUT2D eigenvalue weighted by Crippen LogP contribution is 2.30. The minimum absolute atomic E-state index is 0.00463. The predicted octanol–water partition coefficient (Wildman–Crippen LogP) is 2.35. The van der Waals surface area contributed by atoms with Gasteiger partial charge >= 0.3 is 0 Å². The van der Waals surface area contributed by atoms with Crippen LogP contribution < -0.4 is 5.73 Å². The molecular formula is C15H23BrN2O2S. The van der Waals surface area contributed by atoms with Crippen LogP contribution in [0.2, 0.25) is 0 Å². The summed E-state index contributed by atoms with van der Waals surface area (Å²) < 4.78 is 24.6. The standard InChI is InChI=1S/C15H23BrN2O2S/c1-3-14(17)15(12-4-6-13(16)7-5-12)18-8-9-21(19,20)10-11(18)2/h4-7,11,14-15H,3,8-10,17H2,1-2H3. The Hall–Kier alpha value is -0.430. The van der Waals surface area contributed by atoms with E-state index >= 15 is 0 Å². The number of hydrogen-bond donors (Lipinski definition) is 1. The molecule has 0 saturated carbocycles. The number of nitrogens with zero attached hydrogens (tertiary/aromatic N) is 1. The molecule has 6 heteroatoms. The quantitative estimate of drug-likeness (QED) is 0.878. The van der Waals surface area contributed by atoms with Crippen molar-refractivity contribution in [2.24, 2.45) is 5.73 Å². The molecule has 1 aromatic carbocycles. The van der Waals surface area contributed by atoms with Crippen LogP contribution in [-0.2, 0) is 9.84 Å². The van der Waals surface area contributed by atoms with Crippen molar-refractivity contribution in [3.05, 3.63) is 34.3 Å². The van der Waals surface area contributed by atoms with Gasteiger partial charge in [0, 0.05) is 23.1 Å². The monoisotopic (exact) mass is 374 g/mol. The third-order valence-corrected chi connectivity index (χ3v) is 6.49. The average Bonchev–Trinajstić information content (AvgIpc) is 2.42. The zero-order valence-corrected chi connectivity index (χ0v) is 14.9. The summed E-state index contributed by atoms with van der Waals surface area (Å²) in [6, 6.07) is 8.21. The van der Waals surface area contributed by atoms with Crippen molar-refractivity contribution in [3.8, 4) is 0 Å². The minimum atomic E-state index is -2.91. The molecule has 0 aromatic heterocycles. The Kier molecular flexibility index (Phi) is 5.46. The second kappa shape index (κ2) is 6.77. The van der Waals surface area contributed by atoms with Gasteiger partial charge in [-0.1, -0.05) is 35.0 Å². The summed E-state index contributed by atoms with van der Waals surface area (Å²) in [6.45, 7) is 4.60. The molecule has 3 atom stereocenters. The Morgan fingerprint density at radius 2 is 2.00 bits per heavy atom. The fraction of sp³-hybridized carbons (Fsp3) is 0.600. The molecule has 1 saturated heterocycles. The Morgan fingerprint density at radius 3 is 2.52 bits per heavy atom. The molecule has 0 spiro atoms. The van der Waals surface area contributed by atoms with Gasteiger partial charge in [0.25, 0.3) is 0 Å². The highest BCUT2D eigenvalue weighted by atomic mass is 79.9. The molecule has 1 aliphatic rings. The van der Waals surface area contributed by atoms with Gasteiger partial charge in [-0.25, -0.2) is 8.42 Å². The Labute approximate surface area is 135 Å². The first-order valence-electron chi connectivity index (χ1n) is 7.31. The van der Waals surface area contributed by atoms with Crippen molar-refractivity contribution >= 4 is 25.8 Å². The van der Waals surface area contributed by atoms with Crippen molar-refractivity contribution in [3.63, 3.8) is 0 Å². The lowest BCUT2D eigenvalue weighted by Gasteiger charge is -2.42. The molecule has 4 nitrogen and oxygen atoms in total. The van der Waals surface area contributed by atoms with E-state index in [0.29, 0.717) is 6.54 Å². The van der Waals surface area contributed by atoms with E-state index in [1.165, 1.54) is 0 Å². The Balaban J connectivity index is 2.30. The molecule has 0 amide bonds. The molecule has 2 rings (SSSR count). The van der Waals surface area contributed by atoms with Crippen molar-refractivity contribution in [2.45, 2.75) is 38.4 Å². The normalized spacial score (nSPS) is 25.4. The first kappa shape index (κ1) is 16.9. The van der Waals surface area contributed by atoms with E-state index in [1.807, 2.05) is 19.1 Å². The summed E-state index contributed by atoms with van der Waals surface area (Å²) in [5.41, 5.74) is 7.50. The average molecular weight is 375 g/mol. The van der Waals surface area contributed by atoms with Crippen LogP contribution in [0.5, 0.6) is 0 Å². The minimum Gasteiger partial charge on any atom is -0.326 e. The Bertz CT molecular complexity index is 574. The maximum absolute atomic E-state index is 11.8. The number of sulfone groups is 1. The van der Waals surface area contributed by atoms with Gasteiger partial charge in [-0.15, -0.1) is 0 Å². The van der Waals surface area contributed by atoms with Gasteiger partial charge in [0.1, 0.15) is 0 Å². The van der Waals surface area contributed by atoms with Crippen LogP contribution in [0, 0.1) is 0 Å². The van der Waals surface area contributed by atoms with Crippen molar-refractivity contribution in [2.75, 3.05) is 18.1 Å². The molecule has 0 radical (unpaired) electrons. The first-order valence-corrected chi connectivity index (χ1v) is 9.92. The summed E-state index contributed by atoms with van der Waals surface area (Å²) in [7, 11) is -2.91. The second-order valence-electron chi connectivity index (χ2n) is 5.77. The van der Waals surface area contributed by atoms with E-state index in [0.717, 1.165) is 16.5 Å². The third-order valence-electron chi connectivity index (χ3n) is 4.17. The molecule has 21 heavy (non-hydrogen) atoms. The maximum Gasteiger partial charge on any atom is 0.153 e. The summed E-state index contributed by atoms with van der Waals surface area (Å²) >= 11 is 3.45. The highest BCUT2D eigenvalue weighted by molar-refractivity contribution is 9.10. The van der Waals surface area contributed by atoms with E-state index in [-0.39, 0.29) is 29.6 Å². The molecular weight excluding hydrogens is 352 g/mol. The van der Waals surface area contributed by atoms with Crippen LogP contribution in [0.15, 0.2) is 28.7 Å². The topological polar surface area (TPSA) is 63.4 Å². The zero-order valence-electron chi connectivity index (χ0n) is 12.5. The van der Waals surface area contributed by atoms with Gasteiger partial charge in [0.2, 0.25) is 0 Å². The molecule has 0 aliphatic carbocycles. The van der Waals surface area contributed by atoms with Gasteiger partial charge in [-0.2, -0.15) is 0 Å². The second-order valence-corrected chi connectivity index (χ2v) is 8.91. The highest BCUT2D eigenvalue weighted by Gasteiger charge is 2.35. The fourth-order valence-corrected chi connectivity index (χ4v) is 4.84. The lowest BCUT2D eigenvalue weighted by atomic mass is 9.95. The largest absolute Gasteiger partial charge is 0.326 e. The van der Waals surface area contributed by atoms with Crippen LogP contribution in [0.4, 0.5) is 0 Å². The van der Waals surface area contributed by atoms with Crippen LogP contribution in [-0.4, -0.2) is 43.5 Å². The van der Waals surface area contributed by atoms with Gasteiger partial charge in [0.15, 0.2) is 9.84 Å². The van der Waals surface area contributed by atoms with Crippen molar-refractivity contribution in [1.82, 2.24) is 4.90 Å². The van der Waals surface area contributed by atoms with Gasteiger partial charge in [-0.3, -0.25) is 4.90 Å². The van der Waals surface area contributed by atoms with Crippen molar-refractivity contribution < 1.29 is 8.42 Å². The predicted molar refractivity (Wildman–Crippen MR) is 90.0 cm³/mol. The molecule has 118 valence electrons. The van der Waals surface area contributed by atoms with Crippen molar-refractivity contribution in [1.29, 1.82) is 0 Å². The molecule has 1 aliphatic heterocycles. The number of rotatable bonds is 4. The van der Waals surface area contributed by atoms with E-state index < -0.39 is 9.84 Å². The molecule has 1 aromatic rings. The molecule has 2 N–H and O–H groups in total. The lowest BCUT2D eigenvalue weighted by Crippen LogP contribution is -2.52. The van der Waals surface area contributed by atoms with E-state index in [9.17, 15) is 8.42 Å². The van der Waals surface area contributed by atoms with Crippen LogP contribution >= 0.6 is 15.9 Å². The number of halogens is 1. The van der Waals surface area contributed by atoms with Gasteiger partial charge in [0.05, 0.1) is 17.5 Å². The fourth-order valence-electron chi connectivity index (χ4n) is 2.99. The van der Waals surface area contributed by atoms with Crippen LogP contribution in [0.1, 0.15) is 31.9 Å². The van der Waals surface area contributed by atoms with Gasteiger partial charge < -0.3 is 5.73 Å². The molecule has 1 heterocycles. The molecule has 3 unspecified atom stereocenters. The number of nitrogens with two attached hydrogens (primary N) is 1.